The molecule has 1 fully saturated rings. The highest BCUT2D eigenvalue weighted by atomic mass is 16.5. The number of hydrogen-bond acceptors (Lipinski definition) is 7. The van der Waals surface area contributed by atoms with E-state index in [2.05, 4.69) is 11.4 Å². The fraction of sp³-hybridized carbons (Fsp3) is 0.286. The first-order chi connectivity index (χ1) is 24.2. The van der Waals surface area contributed by atoms with Crippen LogP contribution in [-0.4, -0.2) is 53.6 Å². The third-order valence-corrected chi connectivity index (χ3v) is 9.93. The molecule has 2 amide bonds. The fourth-order valence-corrected chi connectivity index (χ4v) is 7.58. The van der Waals surface area contributed by atoms with Crippen LogP contribution in [0.3, 0.4) is 0 Å². The number of aliphatic hydroxyl groups is 2. The number of imide groups is 1. The van der Waals surface area contributed by atoms with Gasteiger partial charge in [0.05, 0.1) is 36.8 Å². The van der Waals surface area contributed by atoms with Crippen molar-refractivity contribution in [1.82, 2.24) is 0 Å². The number of aryl methyl sites for hydroxylation is 2. The molecule has 6 rings (SSSR count). The van der Waals surface area contributed by atoms with Gasteiger partial charge in [-0.1, -0.05) is 54.6 Å². The molecule has 8 heteroatoms. The van der Waals surface area contributed by atoms with Crippen LogP contribution in [0.5, 0.6) is 5.75 Å². The minimum absolute atomic E-state index is 0.181. The Morgan fingerprint density at radius 1 is 0.920 bits per heavy atom. The molecule has 4 aromatic rings. The highest BCUT2D eigenvalue weighted by Crippen LogP contribution is 2.47. The molecular formula is C42H44N2O6. The Labute approximate surface area is 293 Å². The van der Waals surface area contributed by atoms with E-state index in [9.17, 15) is 24.9 Å². The molecule has 1 aliphatic heterocycles. The van der Waals surface area contributed by atoms with Gasteiger partial charge in [-0.05, 0) is 121 Å². The lowest BCUT2D eigenvalue weighted by molar-refractivity contribution is -0.123. The number of amides is 2. The number of benzene rings is 4. The van der Waals surface area contributed by atoms with Crippen LogP contribution in [0.4, 0.5) is 17.1 Å². The van der Waals surface area contributed by atoms with Gasteiger partial charge in [-0.3, -0.25) is 14.5 Å². The van der Waals surface area contributed by atoms with Gasteiger partial charge in [-0.25, -0.2) is 0 Å². The van der Waals surface area contributed by atoms with Crippen LogP contribution in [0, 0.1) is 31.6 Å². The average molecular weight is 673 g/mol. The molecule has 0 aromatic heterocycles. The summed E-state index contributed by atoms with van der Waals surface area (Å²) >= 11 is 0. The standard InChI is InChI=1S/C42H44N2O6/c1-26-20-28(21-27(2)40(26)47)22-30(29-10-6-4-7-11-29)14-19-37(46)38-31(25-50-3)23-35-39(36(38)24-45)42(49)44(41(35)48)34-17-15-33(16-18-34)43-32-12-8-5-9-13-32/h4-13,15-18,20-22,35-37,39,43,45-47H,14,19,23-25H2,1-3H3/b30-22-/t35-,36+,37-,39-/m1/s1. The molecule has 2 aliphatic rings. The lowest BCUT2D eigenvalue weighted by atomic mass is 9.68. The van der Waals surface area contributed by atoms with Crippen LogP contribution in [0.2, 0.25) is 0 Å². The molecule has 1 saturated heterocycles. The van der Waals surface area contributed by atoms with Crippen molar-refractivity contribution >= 4 is 40.5 Å². The number of ether oxygens (including phenoxy) is 1. The number of anilines is 3. The van der Waals surface area contributed by atoms with E-state index in [0.717, 1.165) is 44.8 Å². The number of aromatic hydroxyl groups is 1. The summed E-state index contributed by atoms with van der Waals surface area (Å²) in [7, 11) is 1.56. The van der Waals surface area contributed by atoms with Crippen LogP contribution in [0.25, 0.3) is 11.6 Å². The van der Waals surface area contributed by atoms with Gasteiger partial charge in [0.2, 0.25) is 11.8 Å². The lowest BCUT2D eigenvalue weighted by Gasteiger charge is -2.36. The number of rotatable bonds is 12. The summed E-state index contributed by atoms with van der Waals surface area (Å²) in [6, 6.07) is 30.7. The smallest absolute Gasteiger partial charge is 0.238 e. The number of carbonyl (C=O) groups is 2. The van der Waals surface area contributed by atoms with Crippen LogP contribution >= 0.6 is 0 Å². The van der Waals surface area contributed by atoms with Gasteiger partial charge < -0.3 is 25.4 Å². The average Bonchev–Trinajstić information content (AvgIpc) is 3.37. The SMILES string of the molecule is COCC1=C([C@H](O)CC/C(=C/c2cc(C)c(O)c(C)c2)c2ccccc2)[C@H](CO)[C@@H]2C(=O)N(c3ccc(Nc4ccccc4)cc3)C(=O)[C@@H]2C1. The highest BCUT2D eigenvalue weighted by Gasteiger charge is 2.55. The van der Waals surface area contributed by atoms with E-state index in [-0.39, 0.29) is 37.2 Å². The van der Waals surface area contributed by atoms with Gasteiger partial charge in [-0.2, -0.15) is 0 Å². The second-order valence-corrected chi connectivity index (χ2v) is 13.3. The summed E-state index contributed by atoms with van der Waals surface area (Å²) in [5, 5.41) is 36.3. The van der Waals surface area contributed by atoms with Crippen molar-refractivity contribution in [3.8, 4) is 5.75 Å². The first-order valence-corrected chi connectivity index (χ1v) is 17.1. The molecule has 258 valence electrons. The number of fused-ring (bicyclic) bond motifs is 1. The number of para-hydroxylation sites is 1. The van der Waals surface area contributed by atoms with E-state index in [4.69, 9.17) is 4.74 Å². The van der Waals surface area contributed by atoms with E-state index >= 15 is 0 Å². The lowest BCUT2D eigenvalue weighted by Crippen LogP contribution is -2.39. The van der Waals surface area contributed by atoms with E-state index in [1.54, 1.807) is 19.2 Å². The van der Waals surface area contributed by atoms with Crippen LogP contribution in [0.1, 0.15) is 41.5 Å². The number of phenols is 1. The van der Waals surface area contributed by atoms with Gasteiger partial charge >= 0.3 is 0 Å². The molecule has 0 unspecified atom stereocenters. The Balaban J connectivity index is 1.25. The number of methoxy groups -OCH3 is 1. The summed E-state index contributed by atoms with van der Waals surface area (Å²) in [5.74, 6) is -2.60. The van der Waals surface area contributed by atoms with Gasteiger partial charge in [0.15, 0.2) is 0 Å². The second-order valence-electron chi connectivity index (χ2n) is 13.3. The fourth-order valence-electron chi connectivity index (χ4n) is 7.58. The maximum Gasteiger partial charge on any atom is 0.238 e. The van der Waals surface area contributed by atoms with Crippen LogP contribution in [-0.2, 0) is 14.3 Å². The van der Waals surface area contributed by atoms with Gasteiger partial charge in [0, 0.05) is 24.4 Å². The van der Waals surface area contributed by atoms with Crippen molar-refractivity contribution in [2.45, 2.75) is 39.2 Å². The Hall–Kier alpha value is -5.02. The van der Waals surface area contributed by atoms with Crippen molar-refractivity contribution in [1.29, 1.82) is 0 Å². The second kappa shape index (κ2) is 15.3. The van der Waals surface area contributed by atoms with Crippen molar-refractivity contribution in [3.63, 3.8) is 0 Å². The Bertz CT molecular complexity index is 1880. The van der Waals surface area contributed by atoms with Crippen molar-refractivity contribution in [3.05, 3.63) is 130 Å². The number of carbonyl (C=O) groups excluding carboxylic acids is 2. The number of aliphatic hydroxyl groups excluding tert-OH is 2. The number of nitrogens with zero attached hydrogens (tertiary/aromatic N) is 1. The van der Waals surface area contributed by atoms with E-state index < -0.39 is 23.9 Å². The highest BCUT2D eigenvalue weighted by molar-refractivity contribution is 6.22. The third kappa shape index (κ3) is 7.14. The first-order valence-electron chi connectivity index (χ1n) is 17.1. The molecule has 50 heavy (non-hydrogen) atoms. The quantitative estimate of drug-likeness (QED) is 0.0714. The number of phenolic OH excluding ortho intramolecular Hbond substituents is 1. The predicted molar refractivity (Wildman–Crippen MR) is 197 cm³/mol. The maximum atomic E-state index is 14.1. The molecular weight excluding hydrogens is 628 g/mol. The molecule has 0 saturated carbocycles. The number of hydrogen-bond donors (Lipinski definition) is 4. The summed E-state index contributed by atoms with van der Waals surface area (Å²) < 4.78 is 5.55. The number of nitrogens with one attached hydrogen (secondary N) is 1. The zero-order valence-corrected chi connectivity index (χ0v) is 28.7. The van der Waals surface area contributed by atoms with Crippen molar-refractivity contribution < 1.29 is 29.6 Å². The minimum atomic E-state index is -0.978. The molecule has 1 aliphatic carbocycles. The third-order valence-electron chi connectivity index (χ3n) is 9.93. The molecule has 0 bridgehead atoms. The summed E-state index contributed by atoms with van der Waals surface area (Å²) in [4.78, 5) is 29.2. The summed E-state index contributed by atoms with van der Waals surface area (Å²) in [6.45, 7) is 3.53. The minimum Gasteiger partial charge on any atom is -0.507 e. The monoisotopic (exact) mass is 672 g/mol. The van der Waals surface area contributed by atoms with Crippen LogP contribution < -0.4 is 10.2 Å². The van der Waals surface area contributed by atoms with Crippen molar-refractivity contribution in [2.75, 3.05) is 30.5 Å². The molecule has 8 nitrogen and oxygen atoms in total. The normalized spacial score (nSPS) is 19.9. The molecule has 0 spiro atoms. The Kier molecular flexibility index (Phi) is 10.6. The van der Waals surface area contributed by atoms with E-state index in [1.165, 1.54) is 4.90 Å². The van der Waals surface area contributed by atoms with Gasteiger partial charge in [0.1, 0.15) is 5.75 Å². The largest absolute Gasteiger partial charge is 0.507 e. The first kappa shape index (κ1) is 34.8. The zero-order chi connectivity index (χ0) is 35.4. The number of allylic oxidation sites excluding steroid dienone is 1. The summed E-state index contributed by atoms with van der Waals surface area (Å²) in [5.41, 5.74) is 8.06. The topological polar surface area (TPSA) is 119 Å². The molecule has 1 heterocycles. The van der Waals surface area contributed by atoms with E-state index in [0.29, 0.717) is 24.1 Å². The van der Waals surface area contributed by atoms with Crippen LogP contribution in [0.15, 0.2) is 108 Å². The van der Waals surface area contributed by atoms with Gasteiger partial charge in [-0.15, -0.1) is 0 Å². The Morgan fingerprint density at radius 3 is 2.16 bits per heavy atom. The van der Waals surface area contributed by atoms with Gasteiger partial charge in [0.25, 0.3) is 0 Å². The zero-order valence-electron chi connectivity index (χ0n) is 28.7. The Morgan fingerprint density at radius 2 is 1.54 bits per heavy atom. The maximum absolute atomic E-state index is 14.1. The predicted octanol–water partition coefficient (Wildman–Crippen LogP) is 7.20. The van der Waals surface area contributed by atoms with Crippen molar-refractivity contribution in [2.24, 2.45) is 17.8 Å². The molecule has 4 N–H and O–H groups in total. The molecule has 4 atom stereocenters. The molecule has 0 radical (unpaired) electrons. The summed E-state index contributed by atoms with van der Waals surface area (Å²) in [6.07, 6.45) is 2.19. The van der Waals surface area contributed by atoms with E-state index in [1.807, 2.05) is 98.8 Å². The molecule has 4 aromatic carbocycles.